The van der Waals surface area contributed by atoms with Crippen LogP contribution in [-0.2, 0) is 0 Å². The van der Waals surface area contributed by atoms with Gasteiger partial charge in [0, 0.05) is 0 Å². The molecule has 11 heavy (non-hydrogen) atoms. The molecular formula is C10H13N. The Morgan fingerprint density at radius 3 is 2.18 bits per heavy atom. The Morgan fingerprint density at radius 2 is 1.91 bits per heavy atom. The Morgan fingerprint density at radius 1 is 1.27 bits per heavy atom. The van der Waals surface area contributed by atoms with E-state index in [2.05, 4.69) is 18.7 Å². The topological polar surface area (TPSA) is 23.8 Å². The van der Waals surface area contributed by atoms with Gasteiger partial charge in [0.1, 0.15) is 0 Å². The van der Waals surface area contributed by atoms with Crippen molar-refractivity contribution >= 4 is 0 Å². The summed E-state index contributed by atoms with van der Waals surface area (Å²) >= 11 is 0. The smallest absolute Gasteiger partial charge is 0.0690 e. The van der Waals surface area contributed by atoms with Gasteiger partial charge in [0.2, 0.25) is 0 Å². The van der Waals surface area contributed by atoms with E-state index in [1.165, 1.54) is 12.8 Å². The van der Waals surface area contributed by atoms with Crippen LogP contribution in [0.25, 0.3) is 0 Å². The van der Waals surface area contributed by atoms with Crippen molar-refractivity contribution in [2.24, 2.45) is 10.8 Å². The van der Waals surface area contributed by atoms with Crippen LogP contribution in [0.4, 0.5) is 0 Å². The van der Waals surface area contributed by atoms with Crippen molar-refractivity contribution in [2.45, 2.75) is 32.1 Å². The van der Waals surface area contributed by atoms with Crippen molar-refractivity contribution in [2.75, 3.05) is 0 Å². The summed E-state index contributed by atoms with van der Waals surface area (Å²) in [4.78, 5) is 0. The van der Waals surface area contributed by atoms with E-state index in [9.17, 15) is 0 Å². The molecule has 0 unspecified atom stereocenters. The lowest BCUT2D eigenvalue weighted by molar-refractivity contribution is 0.362. The zero-order valence-electron chi connectivity index (χ0n) is 6.77. The van der Waals surface area contributed by atoms with Crippen molar-refractivity contribution in [1.29, 1.82) is 5.26 Å². The quantitative estimate of drug-likeness (QED) is 0.523. The molecule has 58 valence electrons. The molecule has 0 saturated heterocycles. The minimum absolute atomic E-state index is 0.0498. The van der Waals surface area contributed by atoms with Crippen LogP contribution in [0, 0.1) is 22.2 Å². The minimum Gasteiger partial charge on any atom is -0.198 e. The summed E-state index contributed by atoms with van der Waals surface area (Å²) < 4.78 is 0. The van der Waals surface area contributed by atoms with Crippen molar-refractivity contribution in [3.63, 3.8) is 0 Å². The molecule has 0 aromatic rings. The summed E-state index contributed by atoms with van der Waals surface area (Å²) in [5.41, 5.74) is 0.407. The van der Waals surface area contributed by atoms with Gasteiger partial charge in [0.25, 0.3) is 0 Å². The number of allylic oxidation sites excluding steroid dienone is 1. The normalized spacial score (nSPS) is 47.2. The first-order valence-corrected chi connectivity index (χ1v) is 4.29. The van der Waals surface area contributed by atoms with Crippen LogP contribution in [-0.4, -0.2) is 0 Å². The highest BCUT2D eigenvalue weighted by molar-refractivity contribution is 5.18. The number of rotatable bonds is 1. The van der Waals surface area contributed by atoms with Crippen molar-refractivity contribution in [3.8, 4) is 6.07 Å². The summed E-state index contributed by atoms with van der Waals surface area (Å²) in [5, 5.41) is 8.97. The van der Waals surface area contributed by atoms with E-state index in [1.54, 1.807) is 0 Å². The number of hydrogen-bond acceptors (Lipinski definition) is 1. The number of nitrogens with zero attached hydrogens (tertiary/aromatic N) is 1. The lowest BCUT2D eigenvalue weighted by Crippen LogP contribution is -2.10. The highest BCUT2D eigenvalue weighted by Gasteiger charge is 2.52. The van der Waals surface area contributed by atoms with Gasteiger partial charge in [-0.25, -0.2) is 0 Å². The molecule has 0 radical (unpaired) electrons. The third-order valence-electron chi connectivity index (χ3n) is 3.56. The van der Waals surface area contributed by atoms with Gasteiger partial charge < -0.3 is 0 Å². The van der Waals surface area contributed by atoms with Crippen LogP contribution in [0.5, 0.6) is 0 Å². The molecule has 0 atom stereocenters. The number of nitriles is 1. The Hall–Kier alpha value is -0.770. The molecule has 0 amide bonds. The molecule has 2 bridgehead atoms. The van der Waals surface area contributed by atoms with Crippen LogP contribution in [0.1, 0.15) is 32.1 Å². The van der Waals surface area contributed by atoms with Gasteiger partial charge in [-0.3, -0.25) is 0 Å². The fourth-order valence-electron chi connectivity index (χ4n) is 2.68. The molecule has 2 rings (SSSR count). The fraction of sp³-hybridized carbons (Fsp3) is 0.700. The van der Waals surface area contributed by atoms with E-state index in [0.29, 0.717) is 5.41 Å². The first kappa shape index (κ1) is 6.91. The van der Waals surface area contributed by atoms with Crippen LogP contribution in [0.15, 0.2) is 12.7 Å². The molecule has 0 aromatic carbocycles. The molecule has 0 aliphatic heterocycles. The SMILES string of the molecule is C=CC12CCC(C#N)(CC1)C2. The van der Waals surface area contributed by atoms with Gasteiger partial charge in [-0.2, -0.15) is 5.26 Å². The van der Waals surface area contributed by atoms with Gasteiger partial charge in [0.15, 0.2) is 0 Å². The summed E-state index contributed by atoms with van der Waals surface area (Å²) in [6.45, 7) is 3.87. The maximum atomic E-state index is 8.97. The Kier molecular flexibility index (Phi) is 1.18. The van der Waals surface area contributed by atoms with E-state index >= 15 is 0 Å². The van der Waals surface area contributed by atoms with Gasteiger partial charge >= 0.3 is 0 Å². The van der Waals surface area contributed by atoms with Crippen molar-refractivity contribution < 1.29 is 0 Å². The van der Waals surface area contributed by atoms with Crippen LogP contribution >= 0.6 is 0 Å². The first-order valence-electron chi connectivity index (χ1n) is 4.29. The van der Waals surface area contributed by atoms with E-state index < -0.39 is 0 Å². The highest BCUT2D eigenvalue weighted by atomic mass is 14.6. The van der Waals surface area contributed by atoms with Crippen molar-refractivity contribution in [3.05, 3.63) is 12.7 Å². The minimum atomic E-state index is 0.0498. The number of fused-ring (bicyclic) bond motifs is 2. The summed E-state index contributed by atoms with van der Waals surface area (Å²) in [7, 11) is 0. The molecule has 2 aliphatic carbocycles. The van der Waals surface area contributed by atoms with Gasteiger partial charge in [0.05, 0.1) is 11.5 Å². The van der Waals surface area contributed by atoms with Crippen LogP contribution in [0.3, 0.4) is 0 Å². The van der Waals surface area contributed by atoms with Crippen LogP contribution < -0.4 is 0 Å². The van der Waals surface area contributed by atoms with E-state index in [0.717, 1.165) is 19.3 Å². The second-order valence-corrected chi connectivity index (χ2v) is 4.14. The molecular weight excluding hydrogens is 134 g/mol. The average Bonchev–Trinajstić information content (AvgIpc) is 2.61. The molecule has 0 spiro atoms. The average molecular weight is 147 g/mol. The second kappa shape index (κ2) is 1.88. The monoisotopic (exact) mass is 147 g/mol. The lowest BCUT2D eigenvalue weighted by Gasteiger charge is -2.21. The lowest BCUT2D eigenvalue weighted by atomic mass is 9.83. The Balaban J connectivity index is 2.29. The van der Waals surface area contributed by atoms with Gasteiger partial charge in [-0.05, 0) is 37.5 Å². The molecule has 2 fully saturated rings. The maximum Gasteiger partial charge on any atom is 0.0690 e. The van der Waals surface area contributed by atoms with Gasteiger partial charge in [-0.15, -0.1) is 6.58 Å². The molecule has 0 N–H and O–H groups in total. The van der Waals surface area contributed by atoms with Gasteiger partial charge in [-0.1, -0.05) is 6.08 Å². The molecule has 1 heteroatoms. The number of hydrogen-bond donors (Lipinski definition) is 0. The van der Waals surface area contributed by atoms with E-state index in [4.69, 9.17) is 5.26 Å². The standard InChI is InChI=1S/C10H13N/c1-2-9-3-5-10(7-9,8-11)6-4-9/h2H,1,3-7H2. The zero-order valence-corrected chi connectivity index (χ0v) is 6.77. The summed E-state index contributed by atoms with van der Waals surface area (Å²) in [6, 6.07) is 2.48. The predicted octanol–water partition coefficient (Wildman–Crippen LogP) is 2.65. The van der Waals surface area contributed by atoms with Crippen LogP contribution in [0.2, 0.25) is 0 Å². The Labute approximate surface area is 67.7 Å². The summed E-state index contributed by atoms with van der Waals surface area (Å²) in [5.74, 6) is 0. The highest BCUT2D eigenvalue weighted by Crippen LogP contribution is 2.61. The predicted molar refractivity (Wildman–Crippen MR) is 43.8 cm³/mol. The van der Waals surface area contributed by atoms with E-state index in [1.807, 2.05) is 0 Å². The zero-order chi connectivity index (χ0) is 7.95. The van der Waals surface area contributed by atoms with E-state index in [-0.39, 0.29) is 5.41 Å². The second-order valence-electron chi connectivity index (χ2n) is 4.14. The molecule has 2 aliphatic rings. The molecule has 0 heterocycles. The third-order valence-corrected chi connectivity index (χ3v) is 3.56. The summed E-state index contributed by atoms with van der Waals surface area (Å²) in [6.07, 6.45) is 7.78. The molecule has 2 saturated carbocycles. The molecule has 1 nitrogen and oxygen atoms in total. The Bertz CT molecular complexity index is 226. The molecule has 0 aromatic heterocycles. The third kappa shape index (κ3) is 0.758. The first-order chi connectivity index (χ1) is 5.24. The maximum absolute atomic E-state index is 8.97. The largest absolute Gasteiger partial charge is 0.198 e. The van der Waals surface area contributed by atoms with Crippen molar-refractivity contribution in [1.82, 2.24) is 0 Å². The fourth-order valence-corrected chi connectivity index (χ4v) is 2.68.